The van der Waals surface area contributed by atoms with E-state index in [2.05, 4.69) is 9.88 Å². The quantitative estimate of drug-likeness (QED) is 0.464. The monoisotopic (exact) mass is 571 g/mol. The summed E-state index contributed by atoms with van der Waals surface area (Å²) in [6.45, 7) is 4.04. The number of carbonyl (C=O) groups is 1. The molecule has 0 spiro atoms. The normalized spacial score (nSPS) is 18.7. The molecule has 11 heteroatoms. The Bertz CT molecular complexity index is 1460. The molecule has 208 valence electrons. The van der Waals surface area contributed by atoms with Crippen LogP contribution in [0.3, 0.4) is 0 Å². The van der Waals surface area contributed by atoms with Crippen molar-refractivity contribution in [1.82, 2.24) is 19.3 Å². The molecule has 5 rings (SSSR count). The van der Waals surface area contributed by atoms with Gasteiger partial charge in [0.2, 0.25) is 10.0 Å². The molecule has 2 aromatic carbocycles. The van der Waals surface area contributed by atoms with Crippen molar-refractivity contribution in [3.05, 3.63) is 65.4 Å². The van der Waals surface area contributed by atoms with Gasteiger partial charge >= 0.3 is 0 Å². The van der Waals surface area contributed by atoms with Crippen LogP contribution >= 0.6 is 11.6 Å². The van der Waals surface area contributed by atoms with E-state index in [9.17, 15) is 18.3 Å². The summed E-state index contributed by atoms with van der Waals surface area (Å²) in [5, 5.41) is 15.4. The summed E-state index contributed by atoms with van der Waals surface area (Å²) < 4.78 is 28.0. The molecule has 1 amide bonds. The van der Waals surface area contributed by atoms with Crippen LogP contribution in [0.25, 0.3) is 10.8 Å². The fourth-order valence-electron chi connectivity index (χ4n) is 5.38. The van der Waals surface area contributed by atoms with Crippen molar-refractivity contribution in [1.29, 1.82) is 0 Å². The first-order valence-electron chi connectivity index (χ1n) is 13.2. The molecule has 3 aromatic rings. The molecule has 1 N–H and O–H groups in total. The van der Waals surface area contributed by atoms with Gasteiger partial charge in [0, 0.05) is 61.2 Å². The molecule has 1 unspecified atom stereocenters. The number of anilines is 1. The van der Waals surface area contributed by atoms with E-state index in [0.29, 0.717) is 11.6 Å². The van der Waals surface area contributed by atoms with Crippen molar-refractivity contribution in [2.24, 2.45) is 0 Å². The Morgan fingerprint density at radius 1 is 1.05 bits per heavy atom. The second-order valence-electron chi connectivity index (χ2n) is 10.3. The molecule has 2 saturated heterocycles. The van der Waals surface area contributed by atoms with Gasteiger partial charge in [-0.05, 0) is 60.0 Å². The van der Waals surface area contributed by atoms with Crippen LogP contribution < -0.4 is 4.90 Å². The molecule has 2 fully saturated rings. The lowest BCUT2D eigenvalue weighted by Crippen LogP contribution is -2.60. The van der Waals surface area contributed by atoms with Crippen LogP contribution in [0.2, 0.25) is 5.02 Å². The zero-order valence-corrected chi connectivity index (χ0v) is 23.8. The average molecular weight is 572 g/mol. The Balaban J connectivity index is 1.20. The first kappa shape index (κ1) is 27.8. The van der Waals surface area contributed by atoms with Crippen molar-refractivity contribution in [3.63, 3.8) is 0 Å². The van der Waals surface area contributed by atoms with Gasteiger partial charge in [-0.3, -0.25) is 14.8 Å². The Morgan fingerprint density at radius 2 is 1.77 bits per heavy atom. The fourth-order valence-corrected chi connectivity index (χ4v) is 6.97. The number of fused-ring (bicyclic) bond motifs is 1. The van der Waals surface area contributed by atoms with Crippen LogP contribution in [0.15, 0.2) is 59.6 Å². The third kappa shape index (κ3) is 5.76. The number of aliphatic hydroxyl groups excluding tert-OH is 1. The summed E-state index contributed by atoms with van der Waals surface area (Å²) in [5.74, 6) is -0.235. The minimum Gasteiger partial charge on any atom is -0.396 e. The lowest BCUT2D eigenvalue weighted by atomic mass is 10.0. The number of amides is 1. The van der Waals surface area contributed by atoms with Gasteiger partial charge in [0.05, 0.1) is 24.6 Å². The van der Waals surface area contributed by atoms with Crippen LogP contribution in [0.5, 0.6) is 0 Å². The average Bonchev–Trinajstić information content (AvgIpc) is 2.96. The van der Waals surface area contributed by atoms with Crippen LogP contribution in [0.4, 0.5) is 5.69 Å². The Kier molecular flexibility index (Phi) is 8.11. The number of hydrazine groups is 1. The molecule has 1 aromatic heterocycles. The summed E-state index contributed by atoms with van der Waals surface area (Å²) in [5.41, 5.74) is 1.97. The third-order valence-corrected chi connectivity index (χ3v) is 9.93. The number of nitrogens with zero attached hydrogens (tertiary/aromatic N) is 5. The first-order chi connectivity index (χ1) is 18.7. The molecule has 2 aliphatic rings. The number of aliphatic hydroxyl groups is 1. The number of pyridine rings is 1. The Morgan fingerprint density at radius 3 is 2.49 bits per heavy atom. The summed E-state index contributed by atoms with van der Waals surface area (Å²) >= 11 is 6.05. The first-order valence-corrected chi connectivity index (χ1v) is 15.0. The highest BCUT2D eigenvalue weighted by molar-refractivity contribution is 7.89. The maximum atomic E-state index is 13.4. The van der Waals surface area contributed by atoms with E-state index in [4.69, 9.17) is 11.6 Å². The number of aromatic nitrogens is 1. The number of benzene rings is 2. The predicted octanol–water partition coefficient (Wildman–Crippen LogP) is 3.33. The molecule has 0 saturated carbocycles. The SMILES string of the molecule is CC(CO)c1cc(N2CCC(N(C)N3CCN(S(=O)(=O)c4ccc5cc(Cl)ccc5c4)CC3=O)CC2)ccn1. The van der Waals surface area contributed by atoms with Crippen LogP contribution in [0.1, 0.15) is 31.4 Å². The summed E-state index contributed by atoms with van der Waals surface area (Å²) in [4.78, 5) is 20.0. The minimum absolute atomic E-state index is 0.0116. The molecular weight excluding hydrogens is 538 g/mol. The second kappa shape index (κ2) is 11.4. The fraction of sp³-hybridized carbons (Fsp3) is 0.429. The second-order valence-corrected chi connectivity index (χ2v) is 12.7. The maximum Gasteiger partial charge on any atom is 0.252 e. The molecule has 2 aliphatic heterocycles. The number of piperidine rings is 1. The van der Waals surface area contributed by atoms with Crippen LogP contribution in [-0.2, 0) is 14.8 Å². The van der Waals surface area contributed by atoms with Gasteiger partial charge in [0.15, 0.2) is 0 Å². The van der Waals surface area contributed by atoms with Crippen molar-refractivity contribution in [3.8, 4) is 0 Å². The molecule has 39 heavy (non-hydrogen) atoms. The van der Waals surface area contributed by atoms with Gasteiger partial charge in [-0.15, -0.1) is 0 Å². The highest BCUT2D eigenvalue weighted by Gasteiger charge is 2.36. The highest BCUT2D eigenvalue weighted by Crippen LogP contribution is 2.28. The number of hydrogen-bond donors (Lipinski definition) is 1. The van der Waals surface area contributed by atoms with E-state index in [0.717, 1.165) is 48.1 Å². The number of hydrogen-bond acceptors (Lipinski definition) is 7. The van der Waals surface area contributed by atoms with E-state index in [-0.39, 0.29) is 42.5 Å². The van der Waals surface area contributed by atoms with E-state index >= 15 is 0 Å². The Labute approximate surface area is 234 Å². The number of piperazine rings is 1. The third-order valence-electron chi connectivity index (χ3n) is 7.85. The molecule has 0 radical (unpaired) electrons. The van der Waals surface area contributed by atoms with E-state index in [1.807, 2.05) is 31.1 Å². The minimum atomic E-state index is -3.81. The molecule has 0 aliphatic carbocycles. The summed E-state index contributed by atoms with van der Waals surface area (Å²) in [6, 6.07) is 14.5. The lowest BCUT2D eigenvalue weighted by Gasteiger charge is -2.45. The largest absolute Gasteiger partial charge is 0.396 e. The molecular formula is C28H34ClN5O4S. The van der Waals surface area contributed by atoms with E-state index in [1.165, 1.54) is 4.31 Å². The lowest BCUT2D eigenvalue weighted by molar-refractivity contribution is -0.156. The van der Waals surface area contributed by atoms with Crippen molar-refractivity contribution >= 4 is 44.0 Å². The van der Waals surface area contributed by atoms with Gasteiger partial charge in [-0.2, -0.15) is 4.31 Å². The van der Waals surface area contributed by atoms with E-state index < -0.39 is 10.0 Å². The van der Waals surface area contributed by atoms with Crippen molar-refractivity contribution in [2.45, 2.75) is 36.6 Å². The van der Waals surface area contributed by atoms with Gasteiger partial charge in [-0.25, -0.2) is 13.4 Å². The van der Waals surface area contributed by atoms with Gasteiger partial charge in [-0.1, -0.05) is 30.7 Å². The summed E-state index contributed by atoms with van der Waals surface area (Å²) in [6.07, 6.45) is 3.53. The van der Waals surface area contributed by atoms with Gasteiger partial charge in [0.1, 0.15) is 0 Å². The summed E-state index contributed by atoms with van der Waals surface area (Å²) in [7, 11) is -1.89. The maximum absolute atomic E-state index is 13.4. The smallest absolute Gasteiger partial charge is 0.252 e. The van der Waals surface area contributed by atoms with Crippen LogP contribution in [0, 0.1) is 0 Å². The van der Waals surface area contributed by atoms with Gasteiger partial charge < -0.3 is 10.0 Å². The van der Waals surface area contributed by atoms with E-state index in [1.54, 1.807) is 47.6 Å². The van der Waals surface area contributed by atoms with Crippen molar-refractivity contribution < 1.29 is 18.3 Å². The Hall–Kier alpha value is -2.76. The predicted molar refractivity (Wildman–Crippen MR) is 152 cm³/mol. The van der Waals surface area contributed by atoms with Gasteiger partial charge in [0.25, 0.3) is 5.91 Å². The number of sulfonamides is 1. The topological polar surface area (TPSA) is 97.3 Å². The molecule has 3 heterocycles. The zero-order valence-electron chi connectivity index (χ0n) is 22.2. The standard InChI is InChI=1S/C28H34ClN5O4S/c1-20(19-35)27-17-25(7-10-30-27)32-11-8-24(9-12-32)31(2)34-14-13-33(18-28(34)36)39(37,38)26-6-4-21-15-23(29)5-3-22(21)16-26/h3-7,10,15-17,20,24,35H,8-9,11-14,18-19H2,1-2H3. The highest BCUT2D eigenvalue weighted by atomic mass is 35.5. The molecule has 1 atom stereocenters. The number of rotatable bonds is 7. The molecule has 0 bridgehead atoms. The number of halogens is 1. The van der Waals surface area contributed by atoms with Crippen molar-refractivity contribution in [2.75, 3.05) is 51.3 Å². The number of carbonyl (C=O) groups excluding carboxylic acids is 1. The van der Waals surface area contributed by atoms with Crippen LogP contribution in [-0.4, -0.2) is 91.2 Å². The zero-order chi connectivity index (χ0) is 27.7. The molecule has 9 nitrogen and oxygen atoms in total.